The van der Waals surface area contributed by atoms with Gasteiger partial charge in [-0.05, 0) is 18.2 Å². The number of nitrogens with one attached hydrogen (secondary N) is 2. The maximum absolute atomic E-state index is 11.8. The van der Waals surface area contributed by atoms with Gasteiger partial charge in [-0.2, -0.15) is 0 Å². The van der Waals surface area contributed by atoms with Crippen LogP contribution in [0.4, 0.5) is 5.69 Å². The Balaban J connectivity index is 1.95. The van der Waals surface area contributed by atoms with E-state index in [4.69, 9.17) is 16.3 Å². The summed E-state index contributed by atoms with van der Waals surface area (Å²) in [5.41, 5.74) is 1.17. The standard InChI is InChI=1S/C16H15ClN2O3/c1-22-14-9-5-2-6-11(14)10-18-15(20)16(21)19-13-8-4-3-7-12(13)17/h2-9H,10H2,1H3,(H,18,20)(H,19,21). The highest BCUT2D eigenvalue weighted by Gasteiger charge is 2.15. The molecule has 22 heavy (non-hydrogen) atoms. The second-order valence-corrected chi connectivity index (χ2v) is 4.84. The van der Waals surface area contributed by atoms with Crippen LogP contribution in [0.5, 0.6) is 5.75 Å². The normalized spacial score (nSPS) is 9.91. The zero-order chi connectivity index (χ0) is 15.9. The van der Waals surface area contributed by atoms with Crippen molar-refractivity contribution < 1.29 is 14.3 Å². The fourth-order valence-corrected chi connectivity index (χ4v) is 2.03. The Kier molecular flexibility index (Phi) is 5.38. The molecule has 0 unspecified atom stereocenters. The van der Waals surface area contributed by atoms with Crippen LogP contribution in [0.15, 0.2) is 48.5 Å². The third-order valence-corrected chi connectivity index (χ3v) is 3.29. The lowest BCUT2D eigenvalue weighted by Crippen LogP contribution is -2.35. The number of rotatable bonds is 4. The number of para-hydroxylation sites is 2. The lowest BCUT2D eigenvalue weighted by atomic mass is 10.2. The fourth-order valence-electron chi connectivity index (χ4n) is 1.85. The summed E-state index contributed by atoms with van der Waals surface area (Å²) in [5.74, 6) is -0.872. The van der Waals surface area contributed by atoms with Crippen molar-refractivity contribution in [2.45, 2.75) is 6.54 Å². The largest absolute Gasteiger partial charge is 0.496 e. The maximum atomic E-state index is 11.8. The molecule has 2 rings (SSSR count). The van der Waals surface area contributed by atoms with Gasteiger partial charge in [-0.3, -0.25) is 9.59 Å². The molecule has 5 nitrogen and oxygen atoms in total. The molecule has 0 aromatic heterocycles. The number of carbonyl (C=O) groups excluding carboxylic acids is 2. The zero-order valence-electron chi connectivity index (χ0n) is 11.9. The number of amides is 2. The molecule has 0 atom stereocenters. The Morgan fingerprint density at radius 3 is 2.45 bits per heavy atom. The van der Waals surface area contributed by atoms with Gasteiger partial charge in [0.25, 0.3) is 0 Å². The van der Waals surface area contributed by atoms with Crippen molar-refractivity contribution in [1.29, 1.82) is 0 Å². The predicted molar refractivity (Wildman–Crippen MR) is 84.9 cm³/mol. The average molecular weight is 319 g/mol. The summed E-state index contributed by atoms with van der Waals surface area (Å²) in [7, 11) is 1.55. The Hall–Kier alpha value is -2.53. The molecule has 2 amide bonds. The van der Waals surface area contributed by atoms with E-state index < -0.39 is 11.8 Å². The van der Waals surface area contributed by atoms with Crippen LogP contribution in [-0.2, 0) is 16.1 Å². The smallest absolute Gasteiger partial charge is 0.313 e. The minimum absolute atomic E-state index is 0.193. The van der Waals surface area contributed by atoms with E-state index in [1.54, 1.807) is 37.4 Å². The molecule has 0 saturated carbocycles. The number of anilines is 1. The second kappa shape index (κ2) is 7.47. The van der Waals surface area contributed by atoms with Crippen LogP contribution in [0.1, 0.15) is 5.56 Å². The second-order valence-electron chi connectivity index (χ2n) is 4.43. The topological polar surface area (TPSA) is 67.4 Å². The molecule has 2 N–H and O–H groups in total. The number of hydrogen-bond donors (Lipinski definition) is 2. The molecule has 2 aromatic rings. The van der Waals surface area contributed by atoms with Crippen molar-refractivity contribution >= 4 is 29.1 Å². The van der Waals surface area contributed by atoms with Crippen molar-refractivity contribution in [2.24, 2.45) is 0 Å². The fraction of sp³-hybridized carbons (Fsp3) is 0.125. The molecule has 0 saturated heterocycles. The number of methoxy groups -OCH3 is 1. The van der Waals surface area contributed by atoms with Gasteiger partial charge in [-0.1, -0.05) is 41.9 Å². The first kappa shape index (κ1) is 15.9. The van der Waals surface area contributed by atoms with Crippen molar-refractivity contribution in [3.63, 3.8) is 0 Å². The van der Waals surface area contributed by atoms with E-state index in [2.05, 4.69) is 10.6 Å². The van der Waals surface area contributed by atoms with Crippen LogP contribution in [0.3, 0.4) is 0 Å². The summed E-state index contributed by atoms with van der Waals surface area (Å²) in [6.45, 7) is 0.193. The monoisotopic (exact) mass is 318 g/mol. The van der Waals surface area contributed by atoms with Gasteiger partial charge < -0.3 is 15.4 Å². The summed E-state index contributed by atoms with van der Waals surface area (Å²) in [4.78, 5) is 23.7. The Morgan fingerprint density at radius 1 is 1.05 bits per heavy atom. The van der Waals surface area contributed by atoms with Gasteiger partial charge >= 0.3 is 11.8 Å². The van der Waals surface area contributed by atoms with Gasteiger partial charge in [0.05, 0.1) is 17.8 Å². The number of halogens is 1. The first-order chi connectivity index (χ1) is 10.6. The van der Waals surface area contributed by atoms with Gasteiger partial charge in [-0.25, -0.2) is 0 Å². The first-order valence-electron chi connectivity index (χ1n) is 6.57. The SMILES string of the molecule is COc1ccccc1CNC(=O)C(=O)Nc1ccccc1Cl. The molecule has 0 radical (unpaired) electrons. The molecule has 0 spiro atoms. The first-order valence-corrected chi connectivity index (χ1v) is 6.95. The van der Waals surface area contributed by atoms with E-state index in [1.165, 1.54) is 0 Å². The molecular formula is C16H15ClN2O3. The minimum Gasteiger partial charge on any atom is -0.496 e. The van der Waals surface area contributed by atoms with Crippen molar-refractivity contribution in [2.75, 3.05) is 12.4 Å². The third kappa shape index (κ3) is 3.99. The summed E-state index contributed by atoms with van der Waals surface area (Å²) < 4.78 is 5.18. The van der Waals surface area contributed by atoms with E-state index >= 15 is 0 Å². The Morgan fingerprint density at radius 2 is 1.73 bits per heavy atom. The lowest BCUT2D eigenvalue weighted by molar-refractivity contribution is -0.136. The zero-order valence-corrected chi connectivity index (χ0v) is 12.7. The molecule has 2 aromatic carbocycles. The van der Waals surface area contributed by atoms with Crippen LogP contribution >= 0.6 is 11.6 Å². The van der Waals surface area contributed by atoms with Crippen molar-refractivity contribution in [3.8, 4) is 5.75 Å². The van der Waals surface area contributed by atoms with Crippen LogP contribution in [0.2, 0.25) is 5.02 Å². The average Bonchev–Trinajstić information content (AvgIpc) is 2.54. The summed E-state index contributed by atoms with van der Waals surface area (Å²) in [6, 6.07) is 13.9. The molecule has 0 heterocycles. The summed E-state index contributed by atoms with van der Waals surface area (Å²) in [6.07, 6.45) is 0. The van der Waals surface area contributed by atoms with E-state index in [0.717, 1.165) is 5.56 Å². The quantitative estimate of drug-likeness (QED) is 0.852. The Labute approximate surface area is 133 Å². The van der Waals surface area contributed by atoms with E-state index in [1.807, 2.05) is 18.2 Å². The molecular weight excluding hydrogens is 304 g/mol. The molecule has 114 valence electrons. The summed E-state index contributed by atoms with van der Waals surface area (Å²) in [5, 5.41) is 5.37. The number of carbonyl (C=O) groups is 2. The Bertz CT molecular complexity index is 689. The minimum atomic E-state index is -0.775. The van der Waals surface area contributed by atoms with Crippen LogP contribution in [0.25, 0.3) is 0 Å². The number of benzene rings is 2. The highest BCUT2D eigenvalue weighted by Crippen LogP contribution is 2.20. The van der Waals surface area contributed by atoms with Gasteiger partial charge in [0.2, 0.25) is 0 Å². The number of ether oxygens (including phenoxy) is 1. The molecule has 0 aliphatic heterocycles. The molecule has 0 aliphatic carbocycles. The van der Waals surface area contributed by atoms with Crippen molar-refractivity contribution in [1.82, 2.24) is 5.32 Å². The molecule has 0 aliphatic rings. The number of hydrogen-bond acceptors (Lipinski definition) is 3. The van der Waals surface area contributed by atoms with Gasteiger partial charge in [0.15, 0.2) is 0 Å². The molecule has 0 fully saturated rings. The van der Waals surface area contributed by atoms with Gasteiger partial charge in [0.1, 0.15) is 5.75 Å². The van der Waals surface area contributed by atoms with Gasteiger partial charge in [0, 0.05) is 12.1 Å². The van der Waals surface area contributed by atoms with E-state index in [-0.39, 0.29) is 6.54 Å². The summed E-state index contributed by atoms with van der Waals surface area (Å²) >= 11 is 5.92. The lowest BCUT2D eigenvalue weighted by Gasteiger charge is -2.10. The van der Waals surface area contributed by atoms with Crippen LogP contribution in [-0.4, -0.2) is 18.9 Å². The van der Waals surface area contributed by atoms with Crippen LogP contribution in [0, 0.1) is 0 Å². The van der Waals surface area contributed by atoms with Crippen LogP contribution < -0.4 is 15.4 Å². The van der Waals surface area contributed by atoms with E-state index in [0.29, 0.717) is 16.5 Å². The third-order valence-electron chi connectivity index (χ3n) is 2.96. The van der Waals surface area contributed by atoms with E-state index in [9.17, 15) is 9.59 Å². The molecule has 6 heteroatoms. The van der Waals surface area contributed by atoms with Gasteiger partial charge in [-0.15, -0.1) is 0 Å². The molecule has 0 bridgehead atoms. The van der Waals surface area contributed by atoms with Crippen molar-refractivity contribution in [3.05, 3.63) is 59.1 Å². The highest BCUT2D eigenvalue weighted by atomic mass is 35.5. The predicted octanol–water partition coefficient (Wildman–Crippen LogP) is 2.60. The highest BCUT2D eigenvalue weighted by molar-refractivity contribution is 6.41. The maximum Gasteiger partial charge on any atom is 0.313 e.